The van der Waals surface area contributed by atoms with Crippen LogP contribution in [0.15, 0.2) is 24.4 Å². The Morgan fingerprint density at radius 2 is 1.89 bits per heavy atom. The fourth-order valence-electron chi connectivity index (χ4n) is 3.74. The third-order valence-electron chi connectivity index (χ3n) is 5.11. The van der Waals surface area contributed by atoms with Crippen LogP contribution < -0.4 is 9.47 Å². The van der Waals surface area contributed by atoms with Gasteiger partial charge in [0.2, 0.25) is 0 Å². The van der Waals surface area contributed by atoms with Gasteiger partial charge in [0.1, 0.15) is 0 Å². The second-order valence-electron chi connectivity index (χ2n) is 7.12. The lowest BCUT2D eigenvalue weighted by Gasteiger charge is -2.15. The van der Waals surface area contributed by atoms with Crippen LogP contribution in [0.2, 0.25) is 0 Å². The van der Waals surface area contributed by atoms with Gasteiger partial charge >= 0.3 is 0 Å². The van der Waals surface area contributed by atoms with Gasteiger partial charge in [-0.3, -0.25) is 4.79 Å². The van der Waals surface area contributed by atoms with Crippen molar-refractivity contribution in [2.75, 3.05) is 14.2 Å². The molecule has 0 saturated carbocycles. The zero-order valence-electron chi connectivity index (χ0n) is 16.1. The van der Waals surface area contributed by atoms with Gasteiger partial charge in [0, 0.05) is 12.6 Å². The number of Topliss-reactive ketones (excluding diaryl/α,β-unsaturated/α-hetero) is 1. The molecule has 2 heterocycles. The van der Waals surface area contributed by atoms with Crippen molar-refractivity contribution in [3.05, 3.63) is 41.3 Å². The van der Waals surface area contributed by atoms with Crippen LogP contribution in [0.25, 0.3) is 16.8 Å². The van der Waals surface area contributed by atoms with E-state index in [0.717, 1.165) is 41.0 Å². The number of fused-ring (bicyclic) bond motifs is 3. The van der Waals surface area contributed by atoms with Gasteiger partial charge < -0.3 is 9.47 Å². The van der Waals surface area contributed by atoms with Gasteiger partial charge in [0.15, 0.2) is 22.9 Å². The van der Waals surface area contributed by atoms with E-state index in [1.54, 1.807) is 20.4 Å². The smallest absolute Gasteiger partial charge is 0.166 e. The predicted molar refractivity (Wildman–Crippen MR) is 103 cm³/mol. The van der Waals surface area contributed by atoms with Crippen molar-refractivity contribution in [2.24, 2.45) is 0 Å². The van der Waals surface area contributed by atoms with Crippen LogP contribution in [0.3, 0.4) is 0 Å². The Morgan fingerprint density at radius 1 is 1.11 bits per heavy atom. The summed E-state index contributed by atoms with van der Waals surface area (Å²) < 4.78 is 12.7. The maximum Gasteiger partial charge on any atom is 0.166 e. The minimum absolute atomic E-state index is 0.153. The summed E-state index contributed by atoms with van der Waals surface area (Å²) in [4.78, 5) is 16.9. The minimum atomic E-state index is 0.153. The molecule has 0 fully saturated rings. The van der Waals surface area contributed by atoms with Gasteiger partial charge in [-0.15, -0.1) is 0 Å². The lowest BCUT2D eigenvalue weighted by atomic mass is 9.95. The lowest BCUT2D eigenvalue weighted by molar-refractivity contribution is 0.0970. The topological polar surface area (TPSA) is 65.7 Å². The molecule has 3 aromatic rings. The molecule has 2 aromatic heterocycles. The van der Waals surface area contributed by atoms with Gasteiger partial charge in [0.25, 0.3) is 0 Å². The van der Waals surface area contributed by atoms with E-state index in [2.05, 4.69) is 18.8 Å². The summed E-state index contributed by atoms with van der Waals surface area (Å²) in [5, 5.41) is 4.86. The molecule has 0 amide bonds. The molecule has 6 nitrogen and oxygen atoms in total. The van der Waals surface area contributed by atoms with Crippen LogP contribution in [0, 0.1) is 0 Å². The van der Waals surface area contributed by atoms with Crippen LogP contribution in [-0.2, 0) is 6.42 Å². The van der Waals surface area contributed by atoms with Crippen molar-refractivity contribution in [1.29, 1.82) is 0 Å². The number of ether oxygens (including phenoxy) is 2. The molecule has 0 atom stereocenters. The predicted octanol–water partition coefficient (Wildman–Crippen LogP) is 4.06. The van der Waals surface area contributed by atoms with E-state index in [-0.39, 0.29) is 11.7 Å². The largest absolute Gasteiger partial charge is 0.493 e. The Kier molecular flexibility index (Phi) is 4.34. The number of nitrogens with zero attached hydrogens (tertiary/aromatic N) is 3. The molecular formula is C21H23N3O3. The third-order valence-corrected chi connectivity index (χ3v) is 5.11. The molecule has 4 rings (SSSR count). The number of hydrogen-bond acceptors (Lipinski definition) is 5. The first-order chi connectivity index (χ1) is 13.0. The number of benzene rings is 1. The van der Waals surface area contributed by atoms with Crippen molar-refractivity contribution >= 4 is 11.4 Å². The highest BCUT2D eigenvalue weighted by Gasteiger charge is 2.26. The standard InChI is InChI=1S/C21H23N3O3/c1-12(2)20-19(13-8-9-17(26-3)18(10-13)27-4)21-22-11-14-15(24(21)23-20)6-5-7-16(14)25/h8-12H,5-7H2,1-4H3. The van der Waals surface area contributed by atoms with E-state index in [0.29, 0.717) is 23.5 Å². The zero-order chi connectivity index (χ0) is 19.1. The summed E-state index contributed by atoms with van der Waals surface area (Å²) in [6, 6.07) is 5.84. The molecule has 0 radical (unpaired) electrons. The molecular weight excluding hydrogens is 342 g/mol. The summed E-state index contributed by atoms with van der Waals surface area (Å²) in [6.45, 7) is 4.23. The molecule has 140 valence electrons. The molecule has 0 unspecified atom stereocenters. The quantitative estimate of drug-likeness (QED) is 0.698. The van der Waals surface area contributed by atoms with Crippen LogP contribution in [0.4, 0.5) is 0 Å². The van der Waals surface area contributed by atoms with Crippen LogP contribution in [0.1, 0.15) is 54.4 Å². The number of carbonyl (C=O) groups excluding carboxylic acids is 1. The summed E-state index contributed by atoms with van der Waals surface area (Å²) in [5.41, 5.74) is 5.35. The van der Waals surface area contributed by atoms with Crippen molar-refractivity contribution in [1.82, 2.24) is 14.6 Å². The highest BCUT2D eigenvalue weighted by atomic mass is 16.5. The molecule has 0 saturated heterocycles. The summed E-state index contributed by atoms with van der Waals surface area (Å²) in [7, 11) is 3.25. The normalized spacial score (nSPS) is 13.9. The van der Waals surface area contributed by atoms with E-state index >= 15 is 0 Å². The molecule has 6 heteroatoms. The molecule has 1 aromatic carbocycles. The van der Waals surface area contributed by atoms with E-state index in [4.69, 9.17) is 14.6 Å². The number of ketones is 1. The number of aryl methyl sites for hydroxylation is 1. The first-order valence-corrected chi connectivity index (χ1v) is 9.21. The Hall–Kier alpha value is -2.89. The average Bonchev–Trinajstić information content (AvgIpc) is 3.08. The van der Waals surface area contributed by atoms with Gasteiger partial charge in [0.05, 0.1) is 36.7 Å². The molecule has 0 aliphatic heterocycles. The van der Waals surface area contributed by atoms with Crippen molar-refractivity contribution in [3.63, 3.8) is 0 Å². The highest BCUT2D eigenvalue weighted by Crippen LogP contribution is 2.38. The van der Waals surface area contributed by atoms with Crippen molar-refractivity contribution in [3.8, 4) is 22.6 Å². The highest BCUT2D eigenvalue weighted by molar-refractivity contribution is 5.98. The fourth-order valence-corrected chi connectivity index (χ4v) is 3.74. The summed E-state index contributed by atoms with van der Waals surface area (Å²) in [5.74, 6) is 1.71. The summed E-state index contributed by atoms with van der Waals surface area (Å²) in [6.07, 6.45) is 3.99. The first kappa shape index (κ1) is 17.5. The van der Waals surface area contributed by atoms with Gasteiger partial charge in [-0.1, -0.05) is 19.9 Å². The SMILES string of the molecule is COc1ccc(-c2c(C(C)C)nn3c4c(cnc23)C(=O)CCC4)cc1OC. The second kappa shape index (κ2) is 6.68. The zero-order valence-corrected chi connectivity index (χ0v) is 16.1. The van der Waals surface area contributed by atoms with Crippen LogP contribution in [-0.4, -0.2) is 34.6 Å². The Morgan fingerprint density at radius 3 is 2.59 bits per heavy atom. The molecule has 27 heavy (non-hydrogen) atoms. The number of rotatable bonds is 4. The number of aromatic nitrogens is 3. The van der Waals surface area contributed by atoms with E-state index in [9.17, 15) is 4.79 Å². The van der Waals surface area contributed by atoms with Gasteiger partial charge in [-0.05, 0) is 36.5 Å². The molecule has 0 bridgehead atoms. The van der Waals surface area contributed by atoms with Crippen LogP contribution in [0.5, 0.6) is 11.5 Å². The summed E-state index contributed by atoms with van der Waals surface area (Å²) >= 11 is 0. The van der Waals surface area contributed by atoms with Gasteiger partial charge in [-0.25, -0.2) is 9.50 Å². The monoisotopic (exact) mass is 365 g/mol. The first-order valence-electron chi connectivity index (χ1n) is 9.21. The van der Waals surface area contributed by atoms with E-state index in [1.807, 2.05) is 22.7 Å². The molecule has 0 N–H and O–H groups in total. The molecule has 1 aliphatic rings. The lowest BCUT2D eigenvalue weighted by Crippen LogP contribution is -2.16. The van der Waals surface area contributed by atoms with E-state index in [1.165, 1.54) is 0 Å². The van der Waals surface area contributed by atoms with Crippen molar-refractivity contribution in [2.45, 2.75) is 39.0 Å². The third kappa shape index (κ3) is 2.76. The van der Waals surface area contributed by atoms with Gasteiger partial charge in [-0.2, -0.15) is 5.10 Å². The number of methoxy groups -OCH3 is 2. The molecule has 1 aliphatic carbocycles. The number of hydrogen-bond donors (Lipinski definition) is 0. The second-order valence-corrected chi connectivity index (χ2v) is 7.12. The van der Waals surface area contributed by atoms with Crippen LogP contribution >= 0.6 is 0 Å². The average molecular weight is 365 g/mol. The number of carbonyl (C=O) groups is 1. The Balaban J connectivity index is 2.00. The Labute approximate surface area is 158 Å². The maximum absolute atomic E-state index is 12.3. The van der Waals surface area contributed by atoms with E-state index < -0.39 is 0 Å². The fraction of sp³-hybridized carbons (Fsp3) is 0.381. The Bertz CT molecular complexity index is 1040. The van der Waals surface area contributed by atoms with Crippen molar-refractivity contribution < 1.29 is 14.3 Å². The molecule has 0 spiro atoms. The maximum atomic E-state index is 12.3. The minimum Gasteiger partial charge on any atom is -0.493 e.